The molecule has 0 bridgehead atoms. The van der Waals surface area contributed by atoms with Gasteiger partial charge in [0, 0.05) is 17.9 Å². The van der Waals surface area contributed by atoms with Gasteiger partial charge in [0.25, 0.3) is 5.91 Å². The molecule has 1 aliphatic rings. The SMILES string of the molecule is Cc1csc(C(=O)N2CCC(C(C)Br)CC2)c1Cl. The van der Waals surface area contributed by atoms with E-state index in [1.54, 1.807) is 0 Å². The van der Waals surface area contributed by atoms with E-state index in [-0.39, 0.29) is 5.91 Å². The van der Waals surface area contributed by atoms with E-state index in [9.17, 15) is 4.79 Å². The lowest BCUT2D eigenvalue weighted by Gasteiger charge is -2.33. The van der Waals surface area contributed by atoms with Crippen molar-refractivity contribution >= 4 is 44.8 Å². The number of alkyl halides is 1. The topological polar surface area (TPSA) is 20.3 Å². The average molecular weight is 351 g/mol. The van der Waals surface area contributed by atoms with E-state index in [2.05, 4.69) is 22.9 Å². The third kappa shape index (κ3) is 2.91. The lowest BCUT2D eigenvalue weighted by Crippen LogP contribution is -2.39. The molecule has 1 fully saturated rings. The molecule has 1 atom stereocenters. The fourth-order valence-corrected chi connectivity index (χ4v) is 4.05. The lowest BCUT2D eigenvalue weighted by atomic mass is 9.94. The van der Waals surface area contributed by atoms with Crippen LogP contribution < -0.4 is 0 Å². The maximum Gasteiger partial charge on any atom is 0.265 e. The number of rotatable bonds is 2. The van der Waals surface area contributed by atoms with Crippen LogP contribution in [-0.4, -0.2) is 28.7 Å². The summed E-state index contributed by atoms with van der Waals surface area (Å²) in [6.45, 7) is 5.80. The normalized spacial score (nSPS) is 19.0. The zero-order valence-corrected chi connectivity index (χ0v) is 13.7. The van der Waals surface area contributed by atoms with E-state index in [1.165, 1.54) is 11.3 Å². The number of thiophene rings is 1. The van der Waals surface area contributed by atoms with Gasteiger partial charge in [-0.3, -0.25) is 4.79 Å². The molecule has 0 spiro atoms. The Morgan fingerprint density at radius 1 is 1.56 bits per heavy atom. The van der Waals surface area contributed by atoms with Crippen molar-refractivity contribution in [3.05, 3.63) is 20.8 Å². The molecule has 5 heteroatoms. The summed E-state index contributed by atoms with van der Waals surface area (Å²) in [5.74, 6) is 0.772. The molecule has 18 heavy (non-hydrogen) atoms. The number of carbonyl (C=O) groups is 1. The van der Waals surface area contributed by atoms with Crippen molar-refractivity contribution in [3.8, 4) is 0 Å². The Labute approximate surface area is 125 Å². The molecule has 2 nitrogen and oxygen atoms in total. The Morgan fingerprint density at radius 3 is 2.61 bits per heavy atom. The molecular formula is C13H17BrClNOS. The van der Waals surface area contributed by atoms with Crippen molar-refractivity contribution in [2.45, 2.75) is 31.5 Å². The quantitative estimate of drug-likeness (QED) is 0.726. The van der Waals surface area contributed by atoms with E-state index in [1.807, 2.05) is 17.2 Å². The zero-order valence-electron chi connectivity index (χ0n) is 10.6. The molecule has 0 saturated carbocycles. The van der Waals surface area contributed by atoms with Crippen molar-refractivity contribution < 1.29 is 4.79 Å². The number of piperidine rings is 1. The number of halogens is 2. The van der Waals surface area contributed by atoms with Gasteiger partial charge in [0.15, 0.2) is 0 Å². The summed E-state index contributed by atoms with van der Waals surface area (Å²) in [5, 5.41) is 2.57. The van der Waals surface area contributed by atoms with Crippen LogP contribution in [0.2, 0.25) is 5.02 Å². The average Bonchev–Trinajstić information content (AvgIpc) is 2.69. The summed E-state index contributed by atoms with van der Waals surface area (Å²) in [7, 11) is 0. The first-order chi connectivity index (χ1) is 8.50. The number of hydrogen-bond acceptors (Lipinski definition) is 2. The van der Waals surface area contributed by atoms with Crippen LogP contribution in [-0.2, 0) is 0 Å². The number of nitrogens with zero attached hydrogens (tertiary/aromatic N) is 1. The lowest BCUT2D eigenvalue weighted by molar-refractivity contribution is 0.0696. The van der Waals surface area contributed by atoms with Gasteiger partial charge in [0.1, 0.15) is 4.88 Å². The van der Waals surface area contributed by atoms with E-state index in [4.69, 9.17) is 11.6 Å². The number of amides is 1. The summed E-state index contributed by atoms with van der Waals surface area (Å²) in [4.78, 5) is 15.5. The molecule has 0 radical (unpaired) electrons. The molecule has 0 aromatic carbocycles. The summed E-state index contributed by atoms with van der Waals surface area (Å²) < 4.78 is 0. The highest BCUT2D eigenvalue weighted by Crippen LogP contribution is 2.31. The Morgan fingerprint density at radius 2 is 2.17 bits per heavy atom. The molecule has 1 unspecified atom stereocenters. The molecule has 0 N–H and O–H groups in total. The van der Waals surface area contributed by atoms with Crippen molar-refractivity contribution in [2.24, 2.45) is 5.92 Å². The van der Waals surface area contributed by atoms with Gasteiger partial charge in [0.05, 0.1) is 5.02 Å². The van der Waals surface area contributed by atoms with Crippen LogP contribution in [0, 0.1) is 12.8 Å². The van der Waals surface area contributed by atoms with Crippen molar-refractivity contribution in [1.82, 2.24) is 4.90 Å². The number of likely N-dealkylation sites (tertiary alicyclic amines) is 1. The van der Waals surface area contributed by atoms with Crippen LogP contribution in [0.25, 0.3) is 0 Å². The van der Waals surface area contributed by atoms with Crippen molar-refractivity contribution in [2.75, 3.05) is 13.1 Å². The number of carbonyl (C=O) groups excluding carboxylic acids is 1. The van der Waals surface area contributed by atoms with Crippen molar-refractivity contribution in [1.29, 1.82) is 0 Å². The molecule has 2 rings (SSSR count). The van der Waals surface area contributed by atoms with Crippen LogP contribution in [0.3, 0.4) is 0 Å². The summed E-state index contributed by atoms with van der Waals surface area (Å²) >= 11 is 11.2. The minimum Gasteiger partial charge on any atom is -0.338 e. The van der Waals surface area contributed by atoms with Crippen LogP contribution in [0.5, 0.6) is 0 Å². The first kappa shape index (κ1) is 14.4. The predicted octanol–water partition coefficient (Wildman–Crippen LogP) is 4.35. The summed E-state index contributed by atoms with van der Waals surface area (Å²) in [6.07, 6.45) is 2.14. The van der Waals surface area contributed by atoms with E-state index < -0.39 is 0 Å². The Kier molecular flexibility index (Phi) is 4.73. The smallest absolute Gasteiger partial charge is 0.265 e. The molecule has 2 heterocycles. The minimum absolute atomic E-state index is 0.0961. The fourth-order valence-electron chi connectivity index (χ4n) is 2.28. The summed E-state index contributed by atoms with van der Waals surface area (Å²) in [5.41, 5.74) is 0.994. The molecule has 1 aromatic heterocycles. The highest BCUT2D eigenvalue weighted by molar-refractivity contribution is 9.09. The van der Waals surface area contributed by atoms with Gasteiger partial charge >= 0.3 is 0 Å². The third-order valence-corrected chi connectivity index (χ3v) is 6.00. The zero-order chi connectivity index (χ0) is 13.3. The molecular weight excluding hydrogens is 334 g/mol. The first-order valence-electron chi connectivity index (χ1n) is 6.17. The maximum absolute atomic E-state index is 12.4. The van der Waals surface area contributed by atoms with E-state index >= 15 is 0 Å². The van der Waals surface area contributed by atoms with Crippen LogP contribution >= 0.6 is 38.9 Å². The molecule has 1 aliphatic heterocycles. The summed E-state index contributed by atoms with van der Waals surface area (Å²) in [6, 6.07) is 0. The Balaban J connectivity index is 2.02. The van der Waals surface area contributed by atoms with Crippen LogP contribution in [0.4, 0.5) is 0 Å². The highest BCUT2D eigenvalue weighted by atomic mass is 79.9. The van der Waals surface area contributed by atoms with Gasteiger partial charge < -0.3 is 4.90 Å². The third-order valence-electron chi connectivity index (χ3n) is 3.57. The second kappa shape index (κ2) is 5.93. The fraction of sp³-hybridized carbons (Fsp3) is 0.615. The van der Waals surface area contributed by atoms with Gasteiger partial charge in [-0.2, -0.15) is 0 Å². The van der Waals surface area contributed by atoms with Crippen molar-refractivity contribution in [3.63, 3.8) is 0 Å². The molecule has 1 aromatic rings. The van der Waals surface area contributed by atoms with Gasteiger partial charge in [0.2, 0.25) is 0 Å². The minimum atomic E-state index is 0.0961. The van der Waals surface area contributed by atoms with Gasteiger partial charge in [-0.25, -0.2) is 0 Å². The van der Waals surface area contributed by atoms with Gasteiger partial charge in [-0.15, -0.1) is 11.3 Å². The largest absolute Gasteiger partial charge is 0.338 e. The Bertz CT molecular complexity index is 438. The molecule has 0 aliphatic carbocycles. The highest BCUT2D eigenvalue weighted by Gasteiger charge is 2.27. The van der Waals surface area contributed by atoms with Crippen LogP contribution in [0.15, 0.2) is 5.38 Å². The number of aryl methyl sites for hydroxylation is 1. The van der Waals surface area contributed by atoms with Gasteiger partial charge in [-0.05, 0) is 36.6 Å². The predicted molar refractivity (Wildman–Crippen MR) is 81.1 cm³/mol. The second-order valence-electron chi connectivity index (χ2n) is 4.87. The van der Waals surface area contributed by atoms with E-state index in [0.29, 0.717) is 20.6 Å². The number of hydrogen-bond donors (Lipinski definition) is 0. The molecule has 1 saturated heterocycles. The molecule has 100 valence electrons. The van der Waals surface area contributed by atoms with Gasteiger partial charge in [-0.1, -0.05) is 34.5 Å². The van der Waals surface area contributed by atoms with Crippen LogP contribution in [0.1, 0.15) is 35.0 Å². The second-order valence-corrected chi connectivity index (χ2v) is 7.57. The maximum atomic E-state index is 12.4. The standard InChI is InChI=1S/C13H17BrClNOS/c1-8-7-18-12(11(8)15)13(17)16-5-3-10(4-6-16)9(2)14/h7,9-10H,3-6H2,1-2H3. The monoisotopic (exact) mass is 349 g/mol. The first-order valence-corrected chi connectivity index (χ1v) is 8.35. The molecule has 1 amide bonds. The van der Waals surface area contributed by atoms with E-state index in [0.717, 1.165) is 31.5 Å². The Hall–Kier alpha value is -0.0600.